The molecule has 1 atom stereocenters. The van der Waals surface area contributed by atoms with E-state index >= 15 is 0 Å². The van der Waals surface area contributed by atoms with Gasteiger partial charge in [0.15, 0.2) is 5.65 Å². The Balaban J connectivity index is 2.52. The normalized spacial score (nSPS) is 13.4. The summed E-state index contributed by atoms with van der Waals surface area (Å²) in [5.41, 5.74) is 6.86. The molecule has 0 aliphatic heterocycles. The molecule has 0 spiro atoms. The van der Waals surface area contributed by atoms with Crippen LogP contribution in [0.1, 0.15) is 17.5 Å². The van der Waals surface area contributed by atoms with E-state index in [1.807, 2.05) is 23.6 Å². The predicted molar refractivity (Wildman–Crippen MR) is 51.7 cm³/mol. The standard InChI is InChI=1S/C9H12N4O/c1-6-11-12-9-4-7(8(14)5-10)2-3-13(6)9/h2-4,8,14H,5,10H2,1H3. The number of pyridine rings is 1. The molecule has 5 heteroatoms. The summed E-state index contributed by atoms with van der Waals surface area (Å²) in [4.78, 5) is 0. The van der Waals surface area contributed by atoms with Crippen LogP contribution in [0, 0.1) is 6.92 Å². The second-order valence-corrected chi connectivity index (χ2v) is 3.19. The Bertz CT molecular complexity index is 451. The number of rotatable bonds is 2. The molecule has 2 aromatic rings. The first-order valence-electron chi connectivity index (χ1n) is 4.42. The molecule has 1 unspecified atom stereocenters. The van der Waals surface area contributed by atoms with Crippen LogP contribution < -0.4 is 5.73 Å². The summed E-state index contributed by atoms with van der Waals surface area (Å²) in [5, 5.41) is 17.4. The van der Waals surface area contributed by atoms with Gasteiger partial charge in [0.1, 0.15) is 5.82 Å². The Labute approximate surface area is 81.2 Å². The molecule has 0 aliphatic rings. The van der Waals surface area contributed by atoms with Crippen LogP contribution in [-0.4, -0.2) is 26.2 Å². The van der Waals surface area contributed by atoms with Gasteiger partial charge in [0.25, 0.3) is 0 Å². The topological polar surface area (TPSA) is 76.4 Å². The van der Waals surface area contributed by atoms with E-state index in [2.05, 4.69) is 10.2 Å². The summed E-state index contributed by atoms with van der Waals surface area (Å²) >= 11 is 0. The number of hydrogen-bond donors (Lipinski definition) is 2. The fourth-order valence-electron chi connectivity index (χ4n) is 1.37. The lowest BCUT2D eigenvalue weighted by Crippen LogP contribution is -2.11. The first-order chi connectivity index (χ1) is 6.72. The lowest BCUT2D eigenvalue weighted by atomic mass is 10.1. The number of aryl methyl sites for hydroxylation is 1. The minimum atomic E-state index is -0.628. The van der Waals surface area contributed by atoms with Gasteiger partial charge in [0, 0.05) is 12.7 Å². The van der Waals surface area contributed by atoms with Crippen molar-refractivity contribution in [1.29, 1.82) is 0 Å². The van der Waals surface area contributed by atoms with Crippen molar-refractivity contribution in [2.75, 3.05) is 6.54 Å². The Kier molecular flexibility index (Phi) is 2.18. The molecule has 0 aliphatic carbocycles. The van der Waals surface area contributed by atoms with E-state index < -0.39 is 6.10 Å². The number of aliphatic hydroxyl groups is 1. The smallest absolute Gasteiger partial charge is 0.161 e. The van der Waals surface area contributed by atoms with Gasteiger partial charge in [-0.2, -0.15) is 0 Å². The van der Waals surface area contributed by atoms with E-state index in [1.54, 1.807) is 6.07 Å². The van der Waals surface area contributed by atoms with Gasteiger partial charge < -0.3 is 10.8 Å². The van der Waals surface area contributed by atoms with Crippen LogP contribution in [0.25, 0.3) is 5.65 Å². The lowest BCUT2D eigenvalue weighted by molar-refractivity contribution is 0.186. The second kappa shape index (κ2) is 3.36. The van der Waals surface area contributed by atoms with Gasteiger partial charge in [-0.3, -0.25) is 4.40 Å². The van der Waals surface area contributed by atoms with Crippen LogP contribution in [0.4, 0.5) is 0 Å². The maximum absolute atomic E-state index is 9.51. The number of aliphatic hydroxyl groups excluding tert-OH is 1. The predicted octanol–water partition coefficient (Wildman–Crippen LogP) is 0.0298. The van der Waals surface area contributed by atoms with Gasteiger partial charge in [0.2, 0.25) is 0 Å². The monoisotopic (exact) mass is 192 g/mol. The molecule has 0 bridgehead atoms. The summed E-state index contributed by atoms with van der Waals surface area (Å²) in [6.45, 7) is 2.09. The van der Waals surface area contributed by atoms with Crippen LogP contribution in [0.2, 0.25) is 0 Å². The second-order valence-electron chi connectivity index (χ2n) is 3.19. The zero-order chi connectivity index (χ0) is 10.1. The molecule has 0 fully saturated rings. The Morgan fingerprint density at radius 1 is 1.57 bits per heavy atom. The number of aromatic nitrogens is 3. The molecule has 14 heavy (non-hydrogen) atoms. The van der Waals surface area contributed by atoms with Crippen molar-refractivity contribution < 1.29 is 5.11 Å². The Morgan fingerprint density at radius 2 is 2.36 bits per heavy atom. The van der Waals surface area contributed by atoms with Crippen molar-refractivity contribution in [3.05, 3.63) is 29.7 Å². The van der Waals surface area contributed by atoms with Gasteiger partial charge in [0.05, 0.1) is 6.10 Å². The number of hydrogen-bond acceptors (Lipinski definition) is 4. The van der Waals surface area contributed by atoms with Crippen LogP contribution in [0.3, 0.4) is 0 Å². The van der Waals surface area contributed by atoms with E-state index in [9.17, 15) is 5.11 Å². The van der Waals surface area contributed by atoms with Gasteiger partial charge in [-0.1, -0.05) is 0 Å². The number of nitrogens with zero attached hydrogens (tertiary/aromatic N) is 3. The van der Waals surface area contributed by atoms with Crippen molar-refractivity contribution in [1.82, 2.24) is 14.6 Å². The van der Waals surface area contributed by atoms with Gasteiger partial charge in [-0.25, -0.2) is 0 Å². The maximum atomic E-state index is 9.51. The first kappa shape index (κ1) is 9.11. The molecule has 5 nitrogen and oxygen atoms in total. The van der Waals surface area contributed by atoms with E-state index in [1.165, 1.54) is 0 Å². The van der Waals surface area contributed by atoms with Crippen LogP contribution in [0.5, 0.6) is 0 Å². The van der Waals surface area contributed by atoms with Crippen LogP contribution >= 0.6 is 0 Å². The van der Waals surface area contributed by atoms with Crippen LogP contribution in [-0.2, 0) is 0 Å². The van der Waals surface area contributed by atoms with Crippen LogP contribution in [0.15, 0.2) is 18.3 Å². The van der Waals surface area contributed by atoms with Crippen molar-refractivity contribution in [3.8, 4) is 0 Å². The van der Waals surface area contributed by atoms with Gasteiger partial charge in [-0.15, -0.1) is 10.2 Å². The maximum Gasteiger partial charge on any atom is 0.161 e. The summed E-state index contributed by atoms with van der Waals surface area (Å²) in [7, 11) is 0. The summed E-state index contributed by atoms with van der Waals surface area (Å²) in [6.07, 6.45) is 1.20. The number of nitrogens with two attached hydrogens (primary N) is 1. The van der Waals surface area contributed by atoms with Crippen molar-refractivity contribution in [3.63, 3.8) is 0 Å². The van der Waals surface area contributed by atoms with Gasteiger partial charge >= 0.3 is 0 Å². The van der Waals surface area contributed by atoms with E-state index in [0.29, 0.717) is 0 Å². The molecule has 0 aromatic carbocycles. The first-order valence-corrected chi connectivity index (χ1v) is 4.42. The molecule has 2 aromatic heterocycles. The molecular weight excluding hydrogens is 180 g/mol. The van der Waals surface area contributed by atoms with Gasteiger partial charge in [-0.05, 0) is 24.6 Å². The highest BCUT2D eigenvalue weighted by Gasteiger charge is 2.07. The molecule has 0 saturated carbocycles. The summed E-state index contributed by atoms with van der Waals surface area (Å²) in [5.74, 6) is 0.828. The lowest BCUT2D eigenvalue weighted by Gasteiger charge is -2.07. The van der Waals surface area contributed by atoms with Crippen molar-refractivity contribution in [2.45, 2.75) is 13.0 Å². The minimum Gasteiger partial charge on any atom is -0.387 e. The highest BCUT2D eigenvalue weighted by molar-refractivity contribution is 5.41. The number of fused-ring (bicyclic) bond motifs is 1. The molecule has 2 heterocycles. The fraction of sp³-hybridized carbons (Fsp3) is 0.333. The van der Waals surface area contributed by atoms with Crippen molar-refractivity contribution in [2.24, 2.45) is 5.73 Å². The highest BCUT2D eigenvalue weighted by Crippen LogP contribution is 2.13. The molecule has 2 rings (SSSR count). The Hall–Kier alpha value is -1.46. The molecule has 0 radical (unpaired) electrons. The summed E-state index contributed by atoms with van der Waals surface area (Å²) in [6, 6.07) is 3.61. The van der Waals surface area contributed by atoms with E-state index in [-0.39, 0.29) is 6.54 Å². The minimum absolute atomic E-state index is 0.212. The third-order valence-electron chi connectivity index (χ3n) is 2.21. The average Bonchev–Trinajstić information content (AvgIpc) is 2.59. The molecule has 3 N–H and O–H groups in total. The van der Waals surface area contributed by atoms with E-state index in [4.69, 9.17) is 5.73 Å². The molecular formula is C9H12N4O. The largest absolute Gasteiger partial charge is 0.387 e. The van der Waals surface area contributed by atoms with Crippen molar-refractivity contribution >= 4 is 5.65 Å². The SMILES string of the molecule is Cc1nnc2cc(C(O)CN)ccn12. The third-order valence-corrected chi connectivity index (χ3v) is 2.21. The fourth-order valence-corrected chi connectivity index (χ4v) is 1.37. The quantitative estimate of drug-likeness (QED) is 0.703. The molecule has 0 saturated heterocycles. The van der Waals surface area contributed by atoms with E-state index in [0.717, 1.165) is 17.0 Å². The average molecular weight is 192 g/mol. The third kappa shape index (κ3) is 1.36. The summed E-state index contributed by atoms with van der Waals surface area (Å²) < 4.78 is 1.85. The highest BCUT2D eigenvalue weighted by atomic mass is 16.3. The molecule has 0 amide bonds. The zero-order valence-electron chi connectivity index (χ0n) is 7.88. The Morgan fingerprint density at radius 3 is 3.07 bits per heavy atom. The zero-order valence-corrected chi connectivity index (χ0v) is 7.88. The molecule has 74 valence electrons.